The van der Waals surface area contributed by atoms with Crippen LogP contribution in [0.15, 0.2) is 57.5 Å². The molecule has 0 saturated carbocycles. The second kappa shape index (κ2) is 13.5. The number of nitro benzene ring substituents is 1. The second-order valence-electron chi connectivity index (χ2n) is 9.70. The molecule has 3 aromatic rings. The van der Waals surface area contributed by atoms with Crippen LogP contribution in [0.3, 0.4) is 0 Å². The first-order valence-electron chi connectivity index (χ1n) is 13.6. The van der Waals surface area contributed by atoms with Crippen LogP contribution in [-0.2, 0) is 19.1 Å². The topological polar surface area (TPSA) is 152 Å². The summed E-state index contributed by atoms with van der Waals surface area (Å²) in [7, 11) is 4.84. The van der Waals surface area contributed by atoms with E-state index in [1.165, 1.54) is 23.8 Å². The van der Waals surface area contributed by atoms with E-state index in [1.54, 1.807) is 70.1 Å². The van der Waals surface area contributed by atoms with Crippen molar-refractivity contribution < 1.29 is 33.5 Å². The highest BCUT2D eigenvalue weighted by Gasteiger charge is 2.34. The van der Waals surface area contributed by atoms with Crippen LogP contribution in [0.5, 0.6) is 11.5 Å². The molecular weight excluding hydrogens is 592 g/mol. The number of thiazole rings is 1. The molecule has 0 aliphatic carbocycles. The summed E-state index contributed by atoms with van der Waals surface area (Å²) in [6, 6.07) is 8.37. The molecule has 0 spiro atoms. The average Bonchev–Trinajstić information content (AvgIpc) is 3.29. The average molecular weight is 625 g/mol. The van der Waals surface area contributed by atoms with E-state index in [2.05, 4.69) is 9.73 Å². The molecule has 0 bridgehead atoms. The van der Waals surface area contributed by atoms with Crippen molar-refractivity contribution in [2.24, 2.45) is 4.99 Å². The normalized spacial score (nSPS) is 14.4. The fraction of sp³-hybridized carbons (Fsp3) is 0.333. The van der Waals surface area contributed by atoms with Crippen LogP contribution in [0.25, 0.3) is 6.08 Å². The number of nitro groups is 1. The Morgan fingerprint density at radius 2 is 1.86 bits per heavy atom. The van der Waals surface area contributed by atoms with Gasteiger partial charge in [0, 0.05) is 37.5 Å². The number of hydrogen-bond donors (Lipinski definition) is 0. The largest absolute Gasteiger partial charge is 0.490 e. The number of fused-ring (bicyclic) bond motifs is 1. The Hall–Kier alpha value is -4.98. The fourth-order valence-electron chi connectivity index (χ4n) is 4.70. The third-order valence-corrected chi connectivity index (χ3v) is 7.65. The van der Waals surface area contributed by atoms with Crippen LogP contribution in [0, 0.1) is 10.1 Å². The van der Waals surface area contributed by atoms with Crippen LogP contribution < -0.4 is 29.3 Å². The van der Waals surface area contributed by atoms with Crippen molar-refractivity contribution in [3.63, 3.8) is 0 Å². The smallest absolute Gasteiger partial charge is 0.343 e. The van der Waals surface area contributed by atoms with E-state index < -0.39 is 28.5 Å². The number of allylic oxidation sites excluding steroid dienone is 1. The van der Waals surface area contributed by atoms with Gasteiger partial charge in [-0.05, 0) is 50.6 Å². The molecule has 14 heteroatoms. The summed E-state index contributed by atoms with van der Waals surface area (Å²) in [4.78, 5) is 56.7. The Morgan fingerprint density at radius 3 is 2.50 bits per heavy atom. The molecule has 1 aromatic heterocycles. The highest BCUT2D eigenvalue weighted by atomic mass is 32.1. The zero-order valence-corrected chi connectivity index (χ0v) is 25.9. The van der Waals surface area contributed by atoms with Gasteiger partial charge in [-0.15, -0.1) is 0 Å². The van der Waals surface area contributed by atoms with Crippen LogP contribution in [0.2, 0.25) is 0 Å². The number of esters is 2. The van der Waals surface area contributed by atoms with Gasteiger partial charge >= 0.3 is 11.9 Å². The molecule has 44 heavy (non-hydrogen) atoms. The molecule has 1 aliphatic heterocycles. The number of non-ortho nitro benzene ring substituents is 1. The van der Waals surface area contributed by atoms with Gasteiger partial charge in [0.05, 0.1) is 47.1 Å². The monoisotopic (exact) mass is 624 g/mol. The zero-order chi connectivity index (χ0) is 32.1. The Kier molecular flexibility index (Phi) is 9.83. The first-order chi connectivity index (χ1) is 21.0. The standard InChI is InChI=1S/C30H32N4O9S/c1-7-41-23-14-18(9-12-22(23)43-16-25(35)40-6)27-26(29(37)42-8-2)17(3)31-30-33(27)28(36)24(44-30)15-19-13-20(34(38)39)10-11-21(19)32(4)5/h9-15,27H,7-8,16H2,1-6H3/b24-15-/t27-/m0/s1. The molecule has 0 unspecified atom stereocenters. The number of rotatable bonds is 11. The van der Waals surface area contributed by atoms with Crippen molar-refractivity contribution in [2.75, 3.05) is 45.9 Å². The molecule has 0 N–H and O–H groups in total. The van der Waals surface area contributed by atoms with Crippen molar-refractivity contribution in [1.82, 2.24) is 4.57 Å². The maximum atomic E-state index is 14.1. The summed E-state index contributed by atoms with van der Waals surface area (Å²) in [6.45, 7) is 5.17. The van der Waals surface area contributed by atoms with Gasteiger partial charge in [0.1, 0.15) is 0 Å². The van der Waals surface area contributed by atoms with Gasteiger partial charge in [0.25, 0.3) is 11.2 Å². The van der Waals surface area contributed by atoms with E-state index in [0.717, 1.165) is 11.3 Å². The highest BCUT2D eigenvalue weighted by molar-refractivity contribution is 7.07. The van der Waals surface area contributed by atoms with Crippen LogP contribution in [-0.4, -0.2) is 62.5 Å². The number of nitrogens with zero attached hydrogens (tertiary/aromatic N) is 4. The van der Waals surface area contributed by atoms with Gasteiger partial charge in [-0.1, -0.05) is 17.4 Å². The molecule has 232 valence electrons. The van der Waals surface area contributed by atoms with Gasteiger partial charge < -0.3 is 23.8 Å². The minimum absolute atomic E-state index is 0.108. The van der Waals surface area contributed by atoms with Crippen molar-refractivity contribution in [3.05, 3.63) is 88.6 Å². The number of anilines is 1. The number of carbonyl (C=O) groups is 2. The second-order valence-corrected chi connectivity index (χ2v) is 10.7. The van der Waals surface area contributed by atoms with Crippen LogP contribution in [0.4, 0.5) is 11.4 Å². The van der Waals surface area contributed by atoms with E-state index >= 15 is 0 Å². The van der Waals surface area contributed by atoms with Crippen molar-refractivity contribution in [1.29, 1.82) is 0 Å². The van der Waals surface area contributed by atoms with Crippen LogP contribution >= 0.6 is 11.3 Å². The quantitative estimate of drug-likeness (QED) is 0.177. The predicted octanol–water partition coefficient (Wildman–Crippen LogP) is 2.72. The van der Waals surface area contributed by atoms with E-state index in [0.29, 0.717) is 33.1 Å². The van der Waals surface area contributed by atoms with E-state index in [1.807, 2.05) is 0 Å². The maximum absolute atomic E-state index is 14.1. The molecule has 0 saturated heterocycles. The maximum Gasteiger partial charge on any atom is 0.343 e. The lowest BCUT2D eigenvalue weighted by atomic mass is 9.95. The van der Waals surface area contributed by atoms with Gasteiger partial charge in [-0.25, -0.2) is 14.6 Å². The highest BCUT2D eigenvalue weighted by Crippen LogP contribution is 2.36. The minimum atomic E-state index is -0.945. The first-order valence-corrected chi connectivity index (χ1v) is 14.4. The summed E-state index contributed by atoms with van der Waals surface area (Å²) in [5.41, 5.74) is 1.62. The molecule has 1 aliphatic rings. The summed E-state index contributed by atoms with van der Waals surface area (Å²) < 4.78 is 23.1. The summed E-state index contributed by atoms with van der Waals surface area (Å²) in [6.07, 6.45) is 1.59. The van der Waals surface area contributed by atoms with Gasteiger partial charge in [0.2, 0.25) is 0 Å². The van der Waals surface area contributed by atoms with Crippen molar-refractivity contribution in [2.45, 2.75) is 26.8 Å². The lowest BCUT2D eigenvalue weighted by Gasteiger charge is -2.25. The molecule has 13 nitrogen and oxygen atoms in total. The number of aromatic nitrogens is 1. The molecular formula is C30H32N4O9S. The summed E-state index contributed by atoms with van der Waals surface area (Å²) in [5.74, 6) is -0.645. The minimum Gasteiger partial charge on any atom is -0.490 e. The Labute approximate surface area is 256 Å². The molecule has 2 aromatic carbocycles. The molecule has 1 atom stereocenters. The molecule has 0 amide bonds. The lowest BCUT2D eigenvalue weighted by molar-refractivity contribution is -0.384. The van der Waals surface area contributed by atoms with Crippen LogP contribution in [0.1, 0.15) is 37.9 Å². The van der Waals surface area contributed by atoms with E-state index in [-0.39, 0.29) is 41.4 Å². The Morgan fingerprint density at radius 1 is 1.11 bits per heavy atom. The zero-order valence-electron chi connectivity index (χ0n) is 25.1. The molecule has 0 fully saturated rings. The first kappa shape index (κ1) is 31.9. The van der Waals surface area contributed by atoms with Crippen molar-refractivity contribution in [3.8, 4) is 11.5 Å². The number of benzene rings is 2. The van der Waals surface area contributed by atoms with E-state index in [9.17, 15) is 24.5 Å². The summed E-state index contributed by atoms with van der Waals surface area (Å²) >= 11 is 1.10. The number of methoxy groups -OCH3 is 1. The van der Waals surface area contributed by atoms with Gasteiger partial charge in [-0.3, -0.25) is 19.5 Å². The SMILES string of the molecule is CCOC(=O)C1=C(C)N=c2s/c(=C\c3cc([N+](=O)[O-])ccc3N(C)C)c(=O)n2[C@H]1c1ccc(OCC(=O)OC)c(OCC)c1. The Balaban J connectivity index is 1.95. The van der Waals surface area contributed by atoms with Crippen molar-refractivity contribution >= 4 is 40.7 Å². The number of carbonyl (C=O) groups excluding carboxylic acids is 2. The molecule has 0 radical (unpaired) electrons. The predicted molar refractivity (Wildman–Crippen MR) is 163 cm³/mol. The Bertz CT molecular complexity index is 1820. The fourth-order valence-corrected chi connectivity index (χ4v) is 5.74. The molecule has 2 heterocycles. The van der Waals surface area contributed by atoms with E-state index in [4.69, 9.17) is 14.2 Å². The molecule has 4 rings (SSSR count). The number of ether oxygens (including phenoxy) is 4. The summed E-state index contributed by atoms with van der Waals surface area (Å²) in [5, 5.41) is 11.5. The van der Waals surface area contributed by atoms with Gasteiger partial charge in [-0.2, -0.15) is 0 Å². The lowest BCUT2D eigenvalue weighted by Crippen LogP contribution is -2.40. The third-order valence-electron chi connectivity index (χ3n) is 6.66. The number of hydrogen-bond acceptors (Lipinski definition) is 12. The van der Waals surface area contributed by atoms with Gasteiger partial charge in [0.15, 0.2) is 22.9 Å². The third kappa shape index (κ3) is 6.49.